The minimum Gasteiger partial charge on any atom is -0.478 e. The number of amides is 1. The lowest BCUT2D eigenvalue weighted by molar-refractivity contribution is -0.384. The monoisotopic (exact) mass is 340 g/mol. The van der Waals surface area contributed by atoms with Gasteiger partial charge >= 0.3 is 5.97 Å². The molecule has 0 aliphatic heterocycles. The second-order valence-corrected chi connectivity index (χ2v) is 6.56. The van der Waals surface area contributed by atoms with Crippen molar-refractivity contribution in [3.05, 3.63) is 39.4 Å². The van der Waals surface area contributed by atoms with Crippen molar-refractivity contribution in [1.82, 2.24) is 5.32 Å². The van der Waals surface area contributed by atoms with Crippen LogP contribution in [0.3, 0.4) is 0 Å². The van der Waals surface area contributed by atoms with Gasteiger partial charge in [0.05, 0.1) is 10.5 Å². The number of carbonyl (C=O) groups is 2. The van der Waals surface area contributed by atoms with Crippen molar-refractivity contribution in [3.63, 3.8) is 0 Å². The van der Waals surface area contributed by atoms with E-state index in [1.54, 1.807) is 11.8 Å². The lowest BCUT2D eigenvalue weighted by Crippen LogP contribution is -2.25. The van der Waals surface area contributed by atoms with Crippen LogP contribution in [0.25, 0.3) is 0 Å². The van der Waals surface area contributed by atoms with Gasteiger partial charge in [-0.1, -0.05) is 13.8 Å². The van der Waals surface area contributed by atoms with Crippen LogP contribution in [0.2, 0.25) is 0 Å². The van der Waals surface area contributed by atoms with E-state index in [1.165, 1.54) is 0 Å². The Morgan fingerprint density at radius 3 is 2.52 bits per heavy atom. The van der Waals surface area contributed by atoms with Crippen molar-refractivity contribution in [2.75, 3.05) is 18.1 Å². The molecule has 7 nitrogen and oxygen atoms in total. The second kappa shape index (κ2) is 9.14. The van der Waals surface area contributed by atoms with Gasteiger partial charge in [0.15, 0.2) is 0 Å². The van der Waals surface area contributed by atoms with Crippen LogP contribution in [-0.2, 0) is 0 Å². The van der Waals surface area contributed by atoms with Crippen LogP contribution in [0.4, 0.5) is 5.69 Å². The number of rotatable bonds is 9. The molecular formula is C15H20N2O5S. The molecular weight excluding hydrogens is 320 g/mol. The number of nitrogens with zero attached hydrogens (tertiary/aromatic N) is 1. The predicted octanol–water partition coefficient (Wildman–Crippen LogP) is 2.80. The first-order chi connectivity index (χ1) is 10.8. The molecule has 0 saturated carbocycles. The maximum absolute atomic E-state index is 12.0. The number of carboxylic acid groups (broad SMARTS) is 1. The summed E-state index contributed by atoms with van der Waals surface area (Å²) in [5.74, 6) is 0.765. The molecule has 1 amide bonds. The number of nitro groups is 1. The maximum Gasteiger partial charge on any atom is 0.335 e. The van der Waals surface area contributed by atoms with Crippen LogP contribution in [0.15, 0.2) is 18.2 Å². The van der Waals surface area contributed by atoms with Gasteiger partial charge in [0, 0.05) is 24.2 Å². The zero-order valence-electron chi connectivity index (χ0n) is 13.1. The summed E-state index contributed by atoms with van der Waals surface area (Å²) in [6.07, 6.45) is 0.782. The van der Waals surface area contributed by atoms with Crippen LogP contribution >= 0.6 is 11.8 Å². The Bertz CT molecular complexity index is 557. The fourth-order valence-electron chi connectivity index (χ4n) is 1.77. The van der Waals surface area contributed by atoms with E-state index in [4.69, 9.17) is 5.11 Å². The number of benzene rings is 1. The van der Waals surface area contributed by atoms with Crippen molar-refractivity contribution in [1.29, 1.82) is 0 Å². The van der Waals surface area contributed by atoms with Gasteiger partial charge in [-0.15, -0.1) is 0 Å². The third-order valence-electron chi connectivity index (χ3n) is 2.84. The Labute approximate surface area is 138 Å². The van der Waals surface area contributed by atoms with E-state index in [-0.39, 0.29) is 11.1 Å². The first-order valence-electron chi connectivity index (χ1n) is 7.20. The van der Waals surface area contributed by atoms with E-state index >= 15 is 0 Å². The summed E-state index contributed by atoms with van der Waals surface area (Å²) in [6, 6.07) is 3.15. The molecule has 1 aromatic carbocycles. The second-order valence-electron chi connectivity index (χ2n) is 5.41. The summed E-state index contributed by atoms with van der Waals surface area (Å²) in [5.41, 5.74) is -0.717. The summed E-state index contributed by atoms with van der Waals surface area (Å²) < 4.78 is 0. The molecule has 0 aromatic heterocycles. The quantitative estimate of drug-likeness (QED) is 0.406. The molecule has 0 bridgehead atoms. The molecule has 126 valence electrons. The van der Waals surface area contributed by atoms with Gasteiger partial charge in [-0.3, -0.25) is 14.9 Å². The number of hydrogen-bond acceptors (Lipinski definition) is 5. The fourth-order valence-corrected chi connectivity index (χ4v) is 2.75. The smallest absolute Gasteiger partial charge is 0.335 e. The van der Waals surface area contributed by atoms with E-state index in [9.17, 15) is 19.7 Å². The van der Waals surface area contributed by atoms with Crippen LogP contribution < -0.4 is 5.32 Å². The molecule has 0 atom stereocenters. The number of carboxylic acids is 1. The molecule has 0 spiro atoms. The molecule has 0 heterocycles. The number of aromatic carboxylic acids is 1. The van der Waals surface area contributed by atoms with Gasteiger partial charge in [0.2, 0.25) is 0 Å². The first kappa shape index (κ1) is 19.0. The third-order valence-corrected chi connectivity index (χ3v) is 4.32. The summed E-state index contributed by atoms with van der Waals surface area (Å²) >= 11 is 1.80. The number of non-ortho nitro benzene ring substituents is 1. The highest BCUT2D eigenvalue weighted by atomic mass is 32.2. The first-order valence-corrected chi connectivity index (χ1v) is 8.35. The molecule has 23 heavy (non-hydrogen) atoms. The number of nitrogens with one attached hydrogen (secondary N) is 1. The van der Waals surface area contributed by atoms with Gasteiger partial charge in [0.1, 0.15) is 0 Å². The SMILES string of the molecule is CC(C)CSCCCNC(=O)c1cc(C(=O)O)cc([N+](=O)[O-])c1. The van der Waals surface area contributed by atoms with Crippen molar-refractivity contribution in [3.8, 4) is 0 Å². The van der Waals surface area contributed by atoms with E-state index in [2.05, 4.69) is 19.2 Å². The van der Waals surface area contributed by atoms with E-state index in [0.717, 1.165) is 36.1 Å². The largest absolute Gasteiger partial charge is 0.478 e. The predicted molar refractivity (Wildman–Crippen MR) is 89.2 cm³/mol. The van der Waals surface area contributed by atoms with E-state index in [1.807, 2.05) is 0 Å². The zero-order valence-corrected chi connectivity index (χ0v) is 13.9. The summed E-state index contributed by atoms with van der Waals surface area (Å²) in [7, 11) is 0. The number of nitro benzene ring substituents is 1. The summed E-state index contributed by atoms with van der Waals surface area (Å²) in [6.45, 7) is 4.71. The summed E-state index contributed by atoms with van der Waals surface area (Å²) in [4.78, 5) is 33.1. The Morgan fingerprint density at radius 1 is 1.30 bits per heavy atom. The molecule has 2 N–H and O–H groups in total. The third kappa shape index (κ3) is 6.68. The number of thioether (sulfide) groups is 1. The zero-order chi connectivity index (χ0) is 17.4. The van der Waals surface area contributed by atoms with E-state index in [0.29, 0.717) is 12.5 Å². The van der Waals surface area contributed by atoms with Crippen molar-refractivity contribution < 1.29 is 19.6 Å². The Hall–Kier alpha value is -2.09. The highest BCUT2D eigenvalue weighted by Gasteiger charge is 2.17. The molecule has 0 aliphatic carbocycles. The number of hydrogen-bond donors (Lipinski definition) is 2. The average Bonchev–Trinajstić information content (AvgIpc) is 2.49. The Balaban J connectivity index is 2.61. The molecule has 1 aromatic rings. The number of carbonyl (C=O) groups excluding carboxylic acids is 1. The maximum atomic E-state index is 12.0. The van der Waals surface area contributed by atoms with Crippen molar-refractivity contribution in [2.45, 2.75) is 20.3 Å². The normalized spacial score (nSPS) is 10.6. The lowest BCUT2D eigenvalue weighted by Gasteiger charge is -2.07. The molecule has 0 radical (unpaired) electrons. The average molecular weight is 340 g/mol. The minimum absolute atomic E-state index is 0.0218. The Kier molecular flexibility index (Phi) is 7.53. The molecule has 0 aliphatic rings. The molecule has 0 saturated heterocycles. The van der Waals surface area contributed by atoms with Crippen LogP contribution in [0, 0.1) is 16.0 Å². The standard InChI is InChI=1S/C15H20N2O5S/c1-10(2)9-23-5-3-4-16-14(18)11-6-12(15(19)20)8-13(7-11)17(21)22/h6-8,10H,3-5,9H2,1-2H3,(H,16,18)(H,19,20). The summed E-state index contributed by atoms with van der Waals surface area (Å²) in [5, 5.41) is 22.4. The van der Waals surface area contributed by atoms with Crippen molar-refractivity contribution in [2.24, 2.45) is 5.92 Å². The lowest BCUT2D eigenvalue weighted by atomic mass is 10.1. The van der Waals surface area contributed by atoms with Gasteiger partial charge in [0.25, 0.3) is 11.6 Å². The van der Waals surface area contributed by atoms with Crippen molar-refractivity contribution >= 4 is 29.3 Å². The van der Waals surface area contributed by atoms with Gasteiger partial charge < -0.3 is 10.4 Å². The van der Waals surface area contributed by atoms with Gasteiger partial charge in [-0.05, 0) is 29.9 Å². The molecule has 0 unspecified atom stereocenters. The van der Waals surface area contributed by atoms with Gasteiger partial charge in [-0.2, -0.15) is 11.8 Å². The van der Waals surface area contributed by atoms with Crippen LogP contribution in [-0.4, -0.2) is 40.0 Å². The van der Waals surface area contributed by atoms with Crippen LogP contribution in [0.5, 0.6) is 0 Å². The fraction of sp³-hybridized carbons (Fsp3) is 0.467. The topological polar surface area (TPSA) is 110 Å². The van der Waals surface area contributed by atoms with E-state index < -0.39 is 22.5 Å². The molecule has 1 rings (SSSR count). The molecule has 8 heteroatoms. The van der Waals surface area contributed by atoms with Crippen LogP contribution in [0.1, 0.15) is 41.0 Å². The Morgan fingerprint density at radius 2 is 1.96 bits per heavy atom. The molecule has 0 fully saturated rings. The van der Waals surface area contributed by atoms with Gasteiger partial charge in [-0.25, -0.2) is 4.79 Å². The highest BCUT2D eigenvalue weighted by Crippen LogP contribution is 2.17. The highest BCUT2D eigenvalue weighted by molar-refractivity contribution is 7.99. The minimum atomic E-state index is -1.31.